The molecule has 3 N–H and O–H groups in total. The number of nitrogens with zero attached hydrogens (tertiary/aromatic N) is 1. The second-order valence-corrected chi connectivity index (χ2v) is 3.71. The molecule has 1 aromatic carbocycles. The molecule has 2 rings (SSSR count). The summed E-state index contributed by atoms with van der Waals surface area (Å²) in [6, 6.07) is 8.03. The smallest absolute Gasteiger partial charge is 0.109 e. The zero-order valence-electron chi connectivity index (χ0n) is 9.28. The van der Waals surface area contributed by atoms with Crippen LogP contribution in [0.5, 0.6) is 0 Å². The molecule has 16 heavy (non-hydrogen) atoms. The molecule has 4 nitrogen and oxygen atoms in total. The lowest BCUT2D eigenvalue weighted by atomic mass is 10.3. The Morgan fingerprint density at radius 3 is 2.94 bits per heavy atom. The van der Waals surface area contributed by atoms with E-state index in [0.717, 1.165) is 36.3 Å². The third-order valence-corrected chi connectivity index (χ3v) is 2.41. The van der Waals surface area contributed by atoms with Crippen molar-refractivity contribution in [2.24, 2.45) is 5.73 Å². The number of nitrogens with one attached hydrogen (secondary N) is 1. The summed E-state index contributed by atoms with van der Waals surface area (Å²) in [5, 5.41) is 0. The number of benzene rings is 1. The number of rotatable bonds is 6. The minimum Gasteiger partial charge on any atom is -0.381 e. The van der Waals surface area contributed by atoms with Gasteiger partial charge in [0.1, 0.15) is 5.82 Å². The van der Waals surface area contributed by atoms with Gasteiger partial charge in [-0.1, -0.05) is 12.1 Å². The lowest BCUT2D eigenvalue weighted by Gasteiger charge is -2.00. The predicted octanol–water partition coefficient (Wildman–Crippen LogP) is 1.47. The van der Waals surface area contributed by atoms with Gasteiger partial charge in [-0.3, -0.25) is 0 Å². The van der Waals surface area contributed by atoms with Crippen molar-refractivity contribution in [2.45, 2.75) is 12.8 Å². The van der Waals surface area contributed by atoms with E-state index in [1.165, 1.54) is 0 Å². The first-order chi connectivity index (χ1) is 7.90. The summed E-state index contributed by atoms with van der Waals surface area (Å²) in [6.45, 7) is 2.11. The summed E-state index contributed by atoms with van der Waals surface area (Å²) in [4.78, 5) is 7.74. The van der Waals surface area contributed by atoms with Gasteiger partial charge in [-0.2, -0.15) is 0 Å². The van der Waals surface area contributed by atoms with E-state index in [0.29, 0.717) is 13.2 Å². The van der Waals surface area contributed by atoms with Crippen molar-refractivity contribution < 1.29 is 4.74 Å². The fourth-order valence-electron chi connectivity index (χ4n) is 1.58. The van der Waals surface area contributed by atoms with Gasteiger partial charge in [0.25, 0.3) is 0 Å². The number of aromatic amines is 1. The van der Waals surface area contributed by atoms with Gasteiger partial charge in [-0.25, -0.2) is 4.98 Å². The minimum atomic E-state index is 0.685. The minimum absolute atomic E-state index is 0.685. The summed E-state index contributed by atoms with van der Waals surface area (Å²) >= 11 is 0. The van der Waals surface area contributed by atoms with Crippen molar-refractivity contribution in [3.8, 4) is 0 Å². The topological polar surface area (TPSA) is 63.9 Å². The number of aromatic nitrogens is 2. The number of H-pyrrole nitrogens is 1. The zero-order valence-corrected chi connectivity index (χ0v) is 9.28. The maximum absolute atomic E-state index is 5.43. The van der Waals surface area contributed by atoms with Crippen LogP contribution in [0.3, 0.4) is 0 Å². The van der Waals surface area contributed by atoms with Gasteiger partial charge in [0.15, 0.2) is 0 Å². The Balaban J connectivity index is 1.85. The average Bonchev–Trinajstić information content (AvgIpc) is 2.71. The van der Waals surface area contributed by atoms with Crippen LogP contribution in [-0.2, 0) is 11.2 Å². The molecule has 0 fully saturated rings. The Morgan fingerprint density at radius 2 is 2.12 bits per heavy atom. The van der Waals surface area contributed by atoms with Gasteiger partial charge < -0.3 is 15.5 Å². The Kier molecular flexibility index (Phi) is 3.91. The molecule has 0 aliphatic carbocycles. The molecule has 0 aliphatic rings. The van der Waals surface area contributed by atoms with Gasteiger partial charge in [0, 0.05) is 13.0 Å². The van der Waals surface area contributed by atoms with Crippen molar-refractivity contribution in [1.29, 1.82) is 0 Å². The second-order valence-electron chi connectivity index (χ2n) is 3.71. The SMILES string of the molecule is NCCCOCCc1nc2ccccc2[nH]1. The Hall–Kier alpha value is -1.39. The van der Waals surface area contributed by atoms with Gasteiger partial charge in [0.2, 0.25) is 0 Å². The molecule has 0 unspecified atom stereocenters. The summed E-state index contributed by atoms with van der Waals surface area (Å²) in [7, 11) is 0. The van der Waals surface area contributed by atoms with E-state index in [9.17, 15) is 0 Å². The van der Waals surface area contributed by atoms with Crippen LogP contribution < -0.4 is 5.73 Å². The molecule has 0 radical (unpaired) electrons. The normalized spacial score (nSPS) is 11.1. The Morgan fingerprint density at radius 1 is 1.25 bits per heavy atom. The third kappa shape index (κ3) is 2.81. The standard InChI is InChI=1S/C12H17N3O/c13-7-3-8-16-9-6-12-14-10-4-1-2-5-11(10)15-12/h1-2,4-5H,3,6-9,13H2,(H,14,15). The van der Waals surface area contributed by atoms with Gasteiger partial charge in [-0.15, -0.1) is 0 Å². The fraction of sp³-hybridized carbons (Fsp3) is 0.417. The number of fused-ring (bicyclic) bond motifs is 1. The lowest BCUT2D eigenvalue weighted by Crippen LogP contribution is -2.06. The van der Waals surface area contributed by atoms with Crippen LogP contribution in [0.2, 0.25) is 0 Å². The number of hydrogen-bond acceptors (Lipinski definition) is 3. The zero-order chi connectivity index (χ0) is 11.2. The first kappa shape index (κ1) is 11.1. The number of imidazole rings is 1. The molecule has 1 heterocycles. The molecule has 0 spiro atoms. The first-order valence-corrected chi connectivity index (χ1v) is 5.61. The van der Waals surface area contributed by atoms with Crippen LogP contribution in [0.1, 0.15) is 12.2 Å². The third-order valence-electron chi connectivity index (χ3n) is 2.41. The maximum Gasteiger partial charge on any atom is 0.109 e. The Bertz CT molecular complexity index is 406. The monoisotopic (exact) mass is 219 g/mol. The first-order valence-electron chi connectivity index (χ1n) is 5.61. The van der Waals surface area contributed by atoms with E-state index in [-0.39, 0.29) is 0 Å². The van der Waals surface area contributed by atoms with Crippen LogP contribution in [0.25, 0.3) is 11.0 Å². The highest BCUT2D eigenvalue weighted by atomic mass is 16.5. The molecule has 0 atom stereocenters. The molecule has 4 heteroatoms. The van der Waals surface area contributed by atoms with Crippen molar-refractivity contribution in [3.63, 3.8) is 0 Å². The number of nitrogens with two attached hydrogens (primary N) is 1. The summed E-state index contributed by atoms with van der Waals surface area (Å²) < 4.78 is 5.43. The molecule has 2 aromatic rings. The molecule has 0 amide bonds. The van der Waals surface area contributed by atoms with E-state index in [1.54, 1.807) is 0 Å². The molecule has 86 valence electrons. The van der Waals surface area contributed by atoms with Gasteiger partial charge in [-0.05, 0) is 25.1 Å². The van der Waals surface area contributed by atoms with Crippen LogP contribution in [0.15, 0.2) is 24.3 Å². The van der Waals surface area contributed by atoms with E-state index in [1.807, 2.05) is 24.3 Å². The van der Waals surface area contributed by atoms with Gasteiger partial charge >= 0.3 is 0 Å². The molecule has 0 saturated carbocycles. The van der Waals surface area contributed by atoms with Crippen molar-refractivity contribution in [1.82, 2.24) is 9.97 Å². The van der Waals surface area contributed by atoms with E-state index in [4.69, 9.17) is 10.5 Å². The van der Waals surface area contributed by atoms with Crippen molar-refractivity contribution in [2.75, 3.05) is 19.8 Å². The molecule has 1 aromatic heterocycles. The summed E-state index contributed by atoms with van der Waals surface area (Å²) in [6.07, 6.45) is 1.74. The molecular weight excluding hydrogens is 202 g/mol. The number of para-hydroxylation sites is 2. The molecule has 0 saturated heterocycles. The van der Waals surface area contributed by atoms with Crippen LogP contribution in [-0.4, -0.2) is 29.7 Å². The van der Waals surface area contributed by atoms with Crippen LogP contribution in [0.4, 0.5) is 0 Å². The fourth-order valence-corrected chi connectivity index (χ4v) is 1.58. The largest absolute Gasteiger partial charge is 0.381 e. The summed E-state index contributed by atoms with van der Waals surface area (Å²) in [5.74, 6) is 0.981. The molecular formula is C12H17N3O. The highest BCUT2D eigenvalue weighted by Gasteiger charge is 2.01. The highest BCUT2D eigenvalue weighted by molar-refractivity contribution is 5.74. The van der Waals surface area contributed by atoms with Crippen LogP contribution >= 0.6 is 0 Å². The van der Waals surface area contributed by atoms with Gasteiger partial charge in [0.05, 0.1) is 17.6 Å². The quantitative estimate of drug-likeness (QED) is 0.723. The maximum atomic E-state index is 5.43. The van der Waals surface area contributed by atoms with E-state index >= 15 is 0 Å². The number of hydrogen-bond donors (Lipinski definition) is 2. The molecule has 0 aliphatic heterocycles. The predicted molar refractivity (Wildman–Crippen MR) is 64.3 cm³/mol. The van der Waals surface area contributed by atoms with E-state index < -0.39 is 0 Å². The van der Waals surface area contributed by atoms with E-state index in [2.05, 4.69) is 9.97 Å². The second kappa shape index (κ2) is 5.63. The van der Waals surface area contributed by atoms with Crippen LogP contribution in [0, 0.1) is 0 Å². The lowest BCUT2D eigenvalue weighted by molar-refractivity contribution is 0.135. The van der Waals surface area contributed by atoms with Crippen molar-refractivity contribution >= 4 is 11.0 Å². The van der Waals surface area contributed by atoms with Crippen molar-refractivity contribution in [3.05, 3.63) is 30.1 Å². The number of ether oxygens (including phenoxy) is 1. The average molecular weight is 219 g/mol. The molecule has 0 bridgehead atoms. The highest BCUT2D eigenvalue weighted by Crippen LogP contribution is 2.10. The summed E-state index contributed by atoms with van der Waals surface area (Å²) in [5.41, 5.74) is 7.47. The Labute approximate surface area is 94.8 Å².